The highest BCUT2D eigenvalue weighted by atomic mass is 16.1. The molecule has 1 fully saturated rings. The van der Waals surface area contributed by atoms with Gasteiger partial charge < -0.3 is 11.1 Å². The summed E-state index contributed by atoms with van der Waals surface area (Å²) in [4.78, 5) is 12.2. The van der Waals surface area contributed by atoms with Gasteiger partial charge in [-0.05, 0) is 43.2 Å². The molecule has 3 unspecified atom stereocenters. The van der Waals surface area contributed by atoms with Gasteiger partial charge in [0.15, 0.2) is 0 Å². The van der Waals surface area contributed by atoms with Crippen molar-refractivity contribution in [3.8, 4) is 0 Å². The van der Waals surface area contributed by atoms with Crippen LogP contribution in [0.4, 0.5) is 0 Å². The fraction of sp³-hybridized carbons (Fsp3) is 0.533. The first-order chi connectivity index (χ1) is 8.74. The Labute approximate surface area is 108 Å². The van der Waals surface area contributed by atoms with Gasteiger partial charge in [-0.1, -0.05) is 24.3 Å². The zero-order valence-corrected chi connectivity index (χ0v) is 10.6. The minimum Gasteiger partial charge on any atom is -0.349 e. The third-order valence-electron chi connectivity index (χ3n) is 4.29. The van der Waals surface area contributed by atoms with E-state index in [9.17, 15) is 4.79 Å². The van der Waals surface area contributed by atoms with Crippen LogP contribution < -0.4 is 11.1 Å². The lowest BCUT2D eigenvalue weighted by Gasteiger charge is -2.17. The Hall–Kier alpha value is -1.35. The van der Waals surface area contributed by atoms with E-state index in [1.807, 2.05) is 0 Å². The van der Waals surface area contributed by atoms with Crippen molar-refractivity contribution in [1.82, 2.24) is 5.32 Å². The first-order valence-electron chi connectivity index (χ1n) is 6.88. The normalized spacial score (nSPS) is 30.2. The van der Waals surface area contributed by atoms with Gasteiger partial charge in [0.25, 0.3) is 0 Å². The number of rotatable bonds is 2. The summed E-state index contributed by atoms with van der Waals surface area (Å²) in [5.41, 5.74) is 8.55. The summed E-state index contributed by atoms with van der Waals surface area (Å²) in [7, 11) is 0. The van der Waals surface area contributed by atoms with E-state index in [0.29, 0.717) is 0 Å². The lowest BCUT2D eigenvalue weighted by atomic mass is 10.0. The largest absolute Gasteiger partial charge is 0.349 e. The van der Waals surface area contributed by atoms with Gasteiger partial charge in [0, 0.05) is 12.0 Å². The summed E-state index contributed by atoms with van der Waals surface area (Å²) in [5, 5.41) is 3.20. The maximum absolute atomic E-state index is 12.2. The molecule has 0 aromatic heterocycles. The summed E-state index contributed by atoms with van der Waals surface area (Å²) in [6, 6.07) is 8.84. The number of nitrogens with one attached hydrogen (secondary N) is 1. The van der Waals surface area contributed by atoms with Gasteiger partial charge in [-0.25, -0.2) is 0 Å². The zero-order chi connectivity index (χ0) is 12.5. The van der Waals surface area contributed by atoms with E-state index < -0.39 is 0 Å². The SMILES string of the molecule is NC1CCC(C(=O)NC2CCc3ccccc32)C1. The monoisotopic (exact) mass is 244 g/mol. The number of fused-ring (bicyclic) bond motifs is 1. The molecule has 3 nitrogen and oxygen atoms in total. The molecule has 3 N–H and O–H groups in total. The van der Waals surface area contributed by atoms with Crippen molar-refractivity contribution in [2.45, 2.75) is 44.2 Å². The quantitative estimate of drug-likeness (QED) is 0.835. The average Bonchev–Trinajstić information content (AvgIpc) is 2.97. The minimum absolute atomic E-state index is 0.132. The van der Waals surface area contributed by atoms with E-state index in [4.69, 9.17) is 5.73 Å². The third-order valence-corrected chi connectivity index (χ3v) is 4.29. The Morgan fingerprint density at radius 2 is 2.06 bits per heavy atom. The fourth-order valence-corrected chi connectivity index (χ4v) is 3.25. The highest BCUT2D eigenvalue weighted by Gasteiger charge is 2.30. The topological polar surface area (TPSA) is 55.1 Å². The number of benzene rings is 1. The fourth-order valence-electron chi connectivity index (χ4n) is 3.25. The molecule has 1 saturated carbocycles. The molecular formula is C15H20N2O. The van der Waals surface area contributed by atoms with Crippen LogP contribution in [0.1, 0.15) is 42.9 Å². The van der Waals surface area contributed by atoms with Crippen LogP contribution in [0, 0.1) is 5.92 Å². The lowest BCUT2D eigenvalue weighted by molar-refractivity contribution is -0.125. The maximum atomic E-state index is 12.2. The van der Waals surface area contributed by atoms with Crippen molar-refractivity contribution in [2.24, 2.45) is 11.7 Å². The standard InChI is InChI=1S/C15H20N2O/c16-12-7-5-11(9-12)15(18)17-14-8-6-10-3-1-2-4-13(10)14/h1-4,11-12,14H,5-9,16H2,(H,17,18). The molecule has 96 valence electrons. The van der Waals surface area contributed by atoms with Crippen LogP contribution >= 0.6 is 0 Å². The van der Waals surface area contributed by atoms with Gasteiger partial charge in [-0.2, -0.15) is 0 Å². The molecule has 1 aromatic rings. The van der Waals surface area contributed by atoms with Crippen molar-refractivity contribution >= 4 is 5.91 Å². The Bertz CT molecular complexity index is 458. The van der Waals surface area contributed by atoms with Crippen LogP contribution in [0.3, 0.4) is 0 Å². The molecule has 2 aliphatic rings. The first-order valence-corrected chi connectivity index (χ1v) is 6.88. The van der Waals surface area contributed by atoms with Crippen LogP contribution in [0.5, 0.6) is 0 Å². The molecule has 0 heterocycles. The molecule has 3 heteroatoms. The molecule has 0 bridgehead atoms. The third kappa shape index (κ3) is 2.15. The number of hydrogen-bond acceptors (Lipinski definition) is 2. The number of carbonyl (C=O) groups excluding carboxylic acids is 1. The molecule has 0 saturated heterocycles. The zero-order valence-electron chi connectivity index (χ0n) is 10.6. The van der Waals surface area contributed by atoms with Crippen molar-refractivity contribution < 1.29 is 4.79 Å². The predicted molar refractivity (Wildman–Crippen MR) is 71.0 cm³/mol. The highest BCUT2D eigenvalue weighted by molar-refractivity contribution is 5.79. The smallest absolute Gasteiger partial charge is 0.223 e. The number of hydrogen-bond donors (Lipinski definition) is 2. The number of carbonyl (C=O) groups is 1. The summed E-state index contributed by atoms with van der Waals surface area (Å²) in [5.74, 6) is 0.331. The predicted octanol–water partition coefficient (Wildman–Crippen LogP) is 1.92. The summed E-state index contributed by atoms with van der Waals surface area (Å²) >= 11 is 0. The average molecular weight is 244 g/mol. The molecule has 0 radical (unpaired) electrons. The van der Waals surface area contributed by atoms with Crippen molar-refractivity contribution in [2.75, 3.05) is 0 Å². The van der Waals surface area contributed by atoms with Crippen LogP contribution in [0.15, 0.2) is 24.3 Å². The summed E-state index contributed by atoms with van der Waals surface area (Å²) in [6.45, 7) is 0. The van der Waals surface area contributed by atoms with E-state index >= 15 is 0 Å². The second-order valence-corrected chi connectivity index (χ2v) is 5.57. The molecule has 3 atom stereocenters. The van der Waals surface area contributed by atoms with Gasteiger partial charge >= 0.3 is 0 Å². The lowest BCUT2D eigenvalue weighted by Crippen LogP contribution is -2.32. The Morgan fingerprint density at radius 1 is 1.22 bits per heavy atom. The molecule has 18 heavy (non-hydrogen) atoms. The van der Waals surface area contributed by atoms with E-state index in [1.54, 1.807) is 0 Å². The summed E-state index contributed by atoms with van der Waals surface area (Å²) in [6.07, 6.45) is 4.88. The van der Waals surface area contributed by atoms with Gasteiger partial charge in [-0.15, -0.1) is 0 Å². The first kappa shape index (κ1) is 11.7. The number of aryl methyl sites for hydroxylation is 1. The Morgan fingerprint density at radius 3 is 2.83 bits per heavy atom. The van der Waals surface area contributed by atoms with Crippen molar-refractivity contribution in [3.05, 3.63) is 35.4 Å². The van der Waals surface area contributed by atoms with Gasteiger partial charge in [0.2, 0.25) is 5.91 Å². The van der Waals surface area contributed by atoms with Crippen LogP contribution in [0.25, 0.3) is 0 Å². The number of nitrogens with two attached hydrogens (primary N) is 1. The van der Waals surface area contributed by atoms with Crippen molar-refractivity contribution in [3.63, 3.8) is 0 Å². The molecule has 3 rings (SSSR count). The Balaban J connectivity index is 1.66. The highest BCUT2D eigenvalue weighted by Crippen LogP contribution is 2.32. The maximum Gasteiger partial charge on any atom is 0.223 e. The molecule has 1 aromatic carbocycles. The van der Waals surface area contributed by atoms with E-state index in [-0.39, 0.29) is 23.9 Å². The van der Waals surface area contributed by atoms with E-state index in [2.05, 4.69) is 29.6 Å². The van der Waals surface area contributed by atoms with Gasteiger partial charge in [0.1, 0.15) is 0 Å². The van der Waals surface area contributed by atoms with E-state index in [0.717, 1.165) is 32.1 Å². The molecule has 0 spiro atoms. The Kier molecular flexibility index (Phi) is 3.08. The minimum atomic E-state index is 0.132. The molecule has 1 amide bonds. The van der Waals surface area contributed by atoms with Gasteiger partial charge in [-0.3, -0.25) is 4.79 Å². The second kappa shape index (κ2) is 4.73. The van der Waals surface area contributed by atoms with Gasteiger partial charge in [0.05, 0.1) is 6.04 Å². The second-order valence-electron chi connectivity index (χ2n) is 5.57. The van der Waals surface area contributed by atoms with Crippen LogP contribution in [-0.2, 0) is 11.2 Å². The molecule has 2 aliphatic carbocycles. The van der Waals surface area contributed by atoms with E-state index in [1.165, 1.54) is 11.1 Å². The van der Waals surface area contributed by atoms with Crippen LogP contribution in [-0.4, -0.2) is 11.9 Å². The molecular weight excluding hydrogens is 224 g/mol. The molecule has 0 aliphatic heterocycles. The summed E-state index contributed by atoms with van der Waals surface area (Å²) < 4.78 is 0. The van der Waals surface area contributed by atoms with Crippen LogP contribution in [0.2, 0.25) is 0 Å². The number of amides is 1. The van der Waals surface area contributed by atoms with Crippen molar-refractivity contribution in [1.29, 1.82) is 0 Å².